The molecule has 2 amide bonds. The lowest BCUT2D eigenvalue weighted by molar-refractivity contribution is 0.0846. The SMILES string of the molecule is Cc1ccccc1-n1c(C)cc(C(=O)NNC(=O)c2ccncc2)c1C. The summed E-state index contributed by atoms with van der Waals surface area (Å²) in [5.74, 6) is -0.756. The number of nitrogens with zero attached hydrogens (tertiary/aromatic N) is 2. The van der Waals surface area contributed by atoms with Crippen LogP contribution < -0.4 is 10.9 Å². The van der Waals surface area contributed by atoms with Crippen molar-refractivity contribution >= 4 is 11.8 Å². The van der Waals surface area contributed by atoms with Crippen molar-refractivity contribution in [3.63, 3.8) is 0 Å². The van der Waals surface area contributed by atoms with E-state index in [1.54, 1.807) is 12.1 Å². The van der Waals surface area contributed by atoms with Crippen molar-refractivity contribution in [3.8, 4) is 5.69 Å². The van der Waals surface area contributed by atoms with Gasteiger partial charge in [-0.15, -0.1) is 0 Å². The Bertz CT molecular complexity index is 961. The quantitative estimate of drug-likeness (QED) is 0.715. The van der Waals surface area contributed by atoms with Crippen LogP contribution in [0.2, 0.25) is 0 Å². The van der Waals surface area contributed by atoms with Crippen molar-refractivity contribution in [1.82, 2.24) is 20.4 Å². The average molecular weight is 348 g/mol. The second-order valence-corrected chi connectivity index (χ2v) is 6.05. The van der Waals surface area contributed by atoms with E-state index in [0.29, 0.717) is 11.1 Å². The number of amides is 2. The van der Waals surface area contributed by atoms with Crippen molar-refractivity contribution in [1.29, 1.82) is 0 Å². The maximum atomic E-state index is 12.5. The molecule has 0 unspecified atom stereocenters. The summed E-state index contributed by atoms with van der Waals surface area (Å²) >= 11 is 0. The van der Waals surface area contributed by atoms with Crippen LogP contribution in [0, 0.1) is 20.8 Å². The monoisotopic (exact) mass is 348 g/mol. The van der Waals surface area contributed by atoms with Crippen LogP contribution in [0.25, 0.3) is 5.69 Å². The Labute approximate surface area is 151 Å². The zero-order chi connectivity index (χ0) is 18.7. The molecule has 0 radical (unpaired) electrons. The number of aromatic nitrogens is 2. The normalized spacial score (nSPS) is 10.4. The number of pyridine rings is 1. The number of para-hydroxylation sites is 1. The number of hydrogen-bond acceptors (Lipinski definition) is 3. The van der Waals surface area contributed by atoms with Gasteiger partial charge < -0.3 is 4.57 Å². The third kappa shape index (κ3) is 3.35. The van der Waals surface area contributed by atoms with Gasteiger partial charge in [0, 0.05) is 35.0 Å². The molecule has 0 aliphatic rings. The van der Waals surface area contributed by atoms with Gasteiger partial charge in [0.2, 0.25) is 0 Å². The first kappa shape index (κ1) is 17.4. The van der Waals surface area contributed by atoms with Gasteiger partial charge in [0.05, 0.1) is 5.56 Å². The van der Waals surface area contributed by atoms with Gasteiger partial charge in [0.1, 0.15) is 0 Å². The molecule has 26 heavy (non-hydrogen) atoms. The molecule has 2 N–H and O–H groups in total. The number of hydrazine groups is 1. The molecule has 1 aromatic carbocycles. The number of aryl methyl sites for hydroxylation is 2. The minimum Gasteiger partial charge on any atom is -0.317 e. The van der Waals surface area contributed by atoms with E-state index in [-0.39, 0.29) is 5.91 Å². The van der Waals surface area contributed by atoms with E-state index in [1.807, 2.05) is 55.7 Å². The largest absolute Gasteiger partial charge is 0.317 e. The second kappa shape index (κ2) is 7.23. The zero-order valence-electron chi connectivity index (χ0n) is 14.9. The molecular formula is C20H20N4O2. The Morgan fingerprint density at radius 1 is 0.923 bits per heavy atom. The van der Waals surface area contributed by atoms with Gasteiger partial charge in [0.15, 0.2) is 0 Å². The molecule has 0 aliphatic carbocycles. The van der Waals surface area contributed by atoms with Crippen molar-refractivity contribution in [2.45, 2.75) is 20.8 Å². The summed E-state index contributed by atoms with van der Waals surface area (Å²) in [4.78, 5) is 28.4. The highest BCUT2D eigenvalue weighted by Crippen LogP contribution is 2.23. The third-order valence-corrected chi connectivity index (χ3v) is 4.26. The van der Waals surface area contributed by atoms with E-state index >= 15 is 0 Å². The lowest BCUT2D eigenvalue weighted by Gasteiger charge is -2.13. The Kier molecular flexibility index (Phi) is 4.84. The van der Waals surface area contributed by atoms with Gasteiger partial charge in [-0.05, 0) is 50.6 Å². The number of carbonyl (C=O) groups excluding carboxylic acids is 2. The first-order chi connectivity index (χ1) is 12.5. The fourth-order valence-electron chi connectivity index (χ4n) is 2.93. The Hall–Kier alpha value is -3.41. The van der Waals surface area contributed by atoms with Gasteiger partial charge >= 0.3 is 0 Å². The van der Waals surface area contributed by atoms with Crippen LogP contribution in [0.5, 0.6) is 0 Å². The van der Waals surface area contributed by atoms with Gasteiger partial charge in [-0.25, -0.2) is 0 Å². The Morgan fingerprint density at radius 2 is 1.58 bits per heavy atom. The van der Waals surface area contributed by atoms with Crippen molar-refractivity contribution in [3.05, 3.63) is 82.9 Å². The summed E-state index contributed by atoms with van der Waals surface area (Å²) in [6.07, 6.45) is 3.04. The van der Waals surface area contributed by atoms with Crippen LogP contribution in [0.15, 0.2) is 54.9 Å². The fraction of sp³-hybridized carbons (Fsp3) is 0.150. The highest BCUT2D eigenvalue weighted by molar-refractivity contribution is 5.99. The van der Waals surface area contributed by atoms with E-state index in [0.717, 1.165) is 22.6 Å². The smallest absolute Gasteiger partial charge is 0.271 e. The number of carbonyl (C=O) groups is 2. The summed E-state index contributed by atoms with van der Waals surface area (Å²) in [5.41, 5.74) is 9.74. The van der Waals surface area contributed by atoms with Crippen LogP contribution in [0.1, 0.15) is 37.7 Å². The highest BCUT2D eigenvalue weighted by atomic mass is 16.2. The van der Waals surface area contributed by atoms with Gasteiger partial charge in [-0.1, -0.05) is 18.2 Å². The standard InChI is InChI=1S/C20H20N4O2/c1-13-6-4-5-7-18(13)24-14(2)12-17(15(24)3)20(26)23-22-19(25)16-8-10-21-11-9-16/h4-12H,1-3H3,(H,22,25)(H,23,26). The van der Waals surface area contributed by atoms with E-state index in [2.05, 4.69) is 15.8 Å². The highest BCUT2D eigenvalue weighted by Gasteiger charge is 2.18. The molecular weight excluding hydrogens is 328 g/mol. The van der Waals surface area contributed by atoms with Crippen molar-refractivity contribution in [2.24, 2.45) is 0 Å². The molecule has 0 aliphatic heterocycles. The molecule has 6 nitrogen and oxygen atoms in total. The van der Waals surface area contributed by atoms with Crippen molar-refractivity contribution in [2.75, 3.05) is 0 Å². The molecule has 0 fully saturated rings. The summed E-state index contributed by atoms with van der Waals surface area (Å²) in [7, 11) is 0. The summed E-state index contributed by atoms with van der Waals surface area (Å²) < 4.78 is 2.04. The predicted octanol–water partition coefficient (Wildman–Crippen LogP) is 2.87. The van der Waals surface area contributed by atoms with E-state index in [9.17, 15) is 9.59 Å². The van der Waals surface area contributed by atoms with E-state index in [1.165, 1.54) is 12.4 Å². The van der Waals surface area contributed by atoms with Crippen LogP contribution in [-0.4, -0.2) is 21.4 Å². The molecule has 2 heterocycles. The van der Waals surface area contributed by atoms with Gasteiger partial charge in [0.25, 0.3) is 11.8 Å². The number of benzene rings is 1. The van der Waals surface area contributed by atoms with Gasteiger partial charge in [-0.3, -0.25) is 25.4 Å². The Balaban J connectivity index is 1.80. The second-order valence-electron chi connectivity index (χ2n) is 6.05. The van der Waals surface area contributed by atoms with Gasteiger partial charge in [-0.2, -0.15) is 0 Å². The van der Waals surface area contributed by atoms with Crippen LogP contribution >= 0.6 is 0 Å². The first-order valence-corrected chi connectivity index (χ1v) is 8.24. The fourth-order valence-corrected chi connectivity index (χ4v) is 2.93. The predicted molar refractivity (Wildman–Crippen MR) is 99.1 cm³/mol. The molecule has 3 rings (SSSR count). The van der Waals surface area contributed by atoms with Crippen LogP contribution in [-0.2, 0) is 0 Å². The molecule has 0 bridgehead atoms. The first-order valence-electron chi connectivity index (χ1n) is 8.24. The summed E-state index contributed by atoms with van der Waals surface area (Å²) in [6, 6.07) is 13.0. The number of hydrogen-bond donors (Lipinski definition) is 2. The minimum atomic E-state index is -0.395. The minimum absolute atomic E-state index is 0.361. The molecule has 132 valence electrons. The molecule has 0 saturated heterocycles. The van der Waals surface area contributed by atoms with E-state index < -0.39 is 5.91 Å². The van der Waals surface area contributed by atoms with E-state index in [4.69, 9.17) is 0 Å². The molecule has 0 saturated carbocycles. The average Bonchev–Trinajstić information content (AvgIpc) is 2.95. The number of nitrogens with one attached hydrogen (secondary N) is 2. The van der Waals surface area contributed by atoms with Crippen LogP contribution in [0.3, 0.4) is 0 Å². The topological polar surface area (TPSA) is 76.0 Å². The molecule has 0 atom stereocenters. The van der Waals surface area contributed by atoms with Crippen molar-refractivity contribution < 1.29 is 9.59 Å². The molecule has 2 aromatic heterocycles. The maximum Gasteiger partial charge on any atom is 0.271 e. The molecule has 6 heteroatoms. The maximum absolute atomic E-state index is 12.5. The summed E-state index contributed by atoms with van der Waals surface area (Å²) in [6.45, 7) is 5.87. The molecule has 3 aromatic rings. The lowest BCUT2D eigenvalue weighted by Crippen LogP contribution is -2.41. The summed E-state index contributed by atoms with van der Waals surface area (Å²) in [5, 5.41) is 0. The van der Waals surface area contributed by atoms with Crippen LogP contribution in [0.4, 0.5) is 0 Å². The molecule has 0 spiro atoms. The zero-order valence-corrected chi connectivity index (χ0v) is 14.9. The number of rotatable bonds is 3. The lowest BCUT2D eigenvalue weighted by atomic mass is 10.2. The Morgan fingerprint density at radius 3 is 2.27 bits per heavy atom. The third-order valence-electron chi connectivity index (χ3n) is 4.26.